The van der Waals surface area contributed by atoms with Crippen LogP contribution in [0.2, 0.25) is 0 Å². The van der Waals surface area contributed by atoms with E-state index in [0.717, 1.165) is 30.0 Å². The van der Waals surface area contributed by atoms with E-state index in [1.165, 1.54) is 0 Å². The fraction of sp³-hybridized carbons (Fsp3) is 0.368. The third-order valence-corrected chi connectivity index (χ3v) is 5.42. The Kier molecular flexibility index (Phi) is 3.33. The number of carboxylic acids is 1. The molecule has 3 unspecified atom stereocenters. The Morgan fingerprint density at radius 3 is 2.65 bits per heavy atom. The quantitative estimate of drug-likeness (QED) is 0.927. The summed E-state index contributed by atoms with van der Waals surface area (Å²) in [5.41, 5.74) is 0.606. The van der Waals surface area contributed by atoms with E-state index in [-0.39, 0.29) is 11.8 Å². The first-order valence-corrected chi connectivity index (χ1v) is 8.18. The van der Waals surface area contributed by atoms with Gasteiger partial charge in [0.15, 0.2) is 0 Å². The first-order chi connectivity index (χ1) is 11.2. The van der Waals surface area contributed by atoms with Gasteiger partial charge < -0.3 is 10.0 Å². The Bertz CT molecular complexity index is 780. The molecule has 2 aromatic rings. The SMILES string of the molecule is O=C(O)C1C2CCCC2CN1C(=O)c1cccc2ccccc12. The Balaban J connectivity index is 1.74. The molecule has 2 aromatic carbocycles. The third-order valence-electron chi connectivity index (χ3n) is 5.42. The van der Waals surface area contributed by atoms with Crippen LogP contribution in [0.3, 0.4) is 0 Å². The molecule has 118 valence electrons. The van der Waals surface area contributed by atoms with Crippen molar-refractivity contribution in [3.8, 4) is 0 Å². The molecule has 3 atom stereocenters. The topological polar surface area (TPSA) is 57.6 Å². The molecule has 1 aliphatic carbocycles. The van der Waals surface area contributed by atoms with Crippen LogP contribution < -0.4 is 0 Å². The maximum absolute atomic E-state index is 13.1. The fourth-order valence-corrected chi connectivity index (χ4v) is 4.40. The second-order valence-electron chi connectivity index (χ2n) is 6.62. The van der Waals surface area contributed by atoms with Crippen LogP contribution in [-0.2, 0) is 4.79 Å². The monoisotopic (exact) mass is 309 g/mol. The molecule has 1 saturated carbocycles. The summed E-state index contributed by atoms with van der Waals surface area (Å²) < 4.78 is 0. The van der Waals surface area contributed by atoms with Crippen LogP contribution in [0.1, 0.15) is 29.6 Å². The van der Waals surface area contributed by atoms with Gasteiger partial charge in [0.1, 0.15) is 6.04 Å². The minimum atomic E-state index is -0.868. The van der Waals surface area contributed by atoms with Crippen molar-refractivity contribution in [1.82, 2.24) is 4.90 Å². The Hall–Kier alpha value is -2.36. The highest BCUT2D eigenvalue weighted by Gasteiger charge is 2.49. The van der Waals surface area contributed by atoms with Gasteiger partial charge in [-0.05, 0) is 41.5 Å². The number of hydrogen-bond donors (Lipinski definition) is 1. The molecule has 1 amide bonds. The molecule has 4 nitrogen and oxygen atoms in total. The standard InChI is InChI=1S/C19H19NO3/c21-18(16-10-3-6-12-5-1-2-8-14(12)16)20-11-13-7-4-9-15(13)17(20)19(22)23/h1-3,5-6,8,10,13,15,17H,4,7,9,11H2,(H,22,23). The van der Waals surface area contributed by atoms with Gasteiger partial charge in [0, 0.05) is 12.1 Å². The van der Waals surface area contributed by atoms with Gasteiger partial charge in [-0.3, -0.25) is 4.79 Å². The number of carboxylic acid groups (broad SMARTS) is 1. The number of amides is 1. The number of fused-ring (bicyclic) bond motifs is 2. The molecule has 1 saturated heterocycles. The van der Waals surface area contributed by atoms with Gasteiger partial charge >= 0.3 is 5.97 Å². The molecular weight excluding hydrogens is 290 g/mol. The lowest BCUT2D eigenvalue weighted by atomic mass is 9.94. The van der Waals surface area contributed by atoms with Gasteiger partial charge in [-0.2, -0.15) is 0 Å². The molecule has 0 bridgehead atoms. The van der Waals surface area contributed by atoms with E-state index in [4.69, 9.17) is 0 Å². The normalized spacial score (nSPS) is 26.4. The van der Waals surface area contributed by atoms with Crippen molar-refractivity contribution in [3.63, 3.8) is 0 Å². The average molecular weight is 309 g/mol. The predicted octanol–water partition coefficient (Wildman–Crippen LogP) is 3.17. The number of hydrogen-bond acceptors (Lipinski definition) is 2. The minimum absolute atomic E-state index is 0.117. The molecule has 1 aliphatic heterocycles. The first-order valence-electron chi connectivity index (χ1n) is 8.18. The van der Waals surface area contributed by atoms with Crippen LogP contribution >= 0.6 is 0 Å². The number of carbonyl (C=O) groups is 2. The molecule has 0 radical (unpaired) electrons. The lowest BCUT2D eigenvalue weighted by Crippen LogP contribution is -2.43. The van der Waals surface area contributed by atoms with Crippen molar-refractivity contribution in [2.45, 2.75) is 25.3 Å². The molecular formula is C19H19NO3. The maximum atomic E-state index is 13.1. The Morgan fingerprint density at radius 1 is 1.04 bits per heavy atom. The highest BCUT2D eigenvalue weighted by molar-refractivity contribution is 6.08. The summed E-state index contributed by atoms with van der Waals surface area (Å²) in [6, 6.07) is 12.7. The zero-order valence-corrected chi connectivity index (χ0v) is 12.8. The maximum Gasteiger partial charge on any atom is 0.326 e. The van der Waals surface area contributed by atoms with Crippen molar-refractivity contribution < 1.29 is 14.7 Å². The lowest BCUT2D eigenvalue weighted by Gasteiger charge is -2.25. The van der Waals surface area contributed by atoms with E-state index in [1.807, 2.05) is 36.4 Å². The van der Waals surface area contributed by atoms with E-state index in [9.17, 15) is 14.7 Å². The first kappa shape index (κ1) is 14.2. The minimum Gasteiger partial charge on any atom is -0.480 e. The second-order valence-corrected chi connectivity index (χ2v) is 6.62. The molecule has 1 heterocycles. The lowest BCUT2D eigenvalue weighted by molar-refractivity contribution is -0.142. The van der Waals surface area contributed by atoms with Crippen LogP contribution in [0.4, 0.5) is 0 Å². The van der Waals surface area contributed by atoms with Gasteiger partial charge in [-0.15, -0.1) is 0 Å². The summed E-state index contributed by atoms with van der Waals surface area (Å²) >= 11 is 0. The number of rotatable bonds is 2. The van der Waals surface area contributed by atoms with Crippen molar-refractivity contribution in [2.75, 3.05) is 6.54 Å². The van der Waals surface area contributed by atoms with E-state index in [0.29, 0.717) is 18.0 Å². The molecule has 2 aliphatic rings. The van der Waals surface area contributed by atoms with Crippen LogP contribution in [0.25, 0.3) is 10.8 Å². The van der Waals surface area contributed by atoms with Gasteiger partial charge in [-0.25, -0.2) is 4.79 Å². The summed E-state index contributed by atoms with van der Waals surface area (Å²) in [6.45, 7) is 0.573. The second kappa shape index (κ2) is 5.37. The molecule has 4 heteroatoms. The van der Waals surface area contributed by atoms with E-state index >= 15 is 0 Å². The van der Waals surface area contributed by atoms with E-state index < -0.39 is 12.0 Å². The van der Waals surface area contributed by atoms with Gasteiger partial charge in [-0.1, -0.05) is 42.8 Å². The third kappa shape index (κ3) is 2.21. The molecule has 0 aromatic heterocycles. The summed E-state index contributed by atoms with van der Waals surface area (Å²) in [5.74, 6) is -0.557. The zero-order chi connectivity index (χ0) is 16.0. The number of likely N-dealkylation sites (tertiary alicyclic amines) is 1. The Morgan fingerprint density at radius 2 is 1.83 bits per heavy atom. The highest BCUT2D eigenvalue weighted by atomic mass is 16.4. The molecule has 0 spiro atoms. The molecule has 1 N–H and O–H groups in total. The fourth-order valence-electron chi connectivity index (χ4n) is 4.40. The number of carbonyl (C=O) groups excluding carboxylic acids is 1. The summed E-state index contributed by atoms with van der Waals surface area (Å²) in [5, 5.41) is 11.5. The smallest absolute Gasteiger partial charge is 0.326 e. The zero-order valence-electron chi connectivity index (χ0n) is 12.8. The number of benzene rings is 2. The molecule has 2 fully saturated rings. The van der Waals surface area contributed by atoms with Crippen LogP contribution in [0, 0.1) is 11.8 Å². The van der Waals surface area contributed by atoms with Crippen molar-refractivity contribution in [2.24, 2.45) is 11.8 Å². The predicted molar refractivity (Wildman–Crippen MR) is 87.2 cm³/mol. The number of aliphatic carboxylic acids is 1. The van der Waals surface area contributed by atoms with Gasteiger partial charge in [0.05, 0.1) is 0 Å². The highest BCUT2D eigenvalue weighted by Crippen LogP contribution is 2.43. The van der Waals surface area contributed by atoms with Crippen molar-refractivity contribution >= 4 is 22.6 Å². The Labute approximate surface area is 134 Å². The summed E-state index contributed by atoms with van der Waals surface area (Å²) in [6.07, 6.45) is 3.03. The van der Waals surface area contributed by atoms with Crippen molar-refractivity contribution in [1.29, 1.82) is 0 Å². The van der Waals surface area contributed by atoms with Crippen LogP contribution in [-0.4, -0.2) is 34.5 Å². The summed E-state index contributed by atoms with van der Waals surface area (Å²) in [4.78, 5) is 26.4. The van der Waals surface area contributed by atoms with Crippen LogP contribution in [0.15, 0.2) is 42.5 Å². The molecule has 23 heavy (non-hydrogen) atoms. The van der Waals surface area contributed by atoms with E-state index in [1.54, 1.807) is 11.0 Å². The molecule has 4 rings (SSSR count). The van der Waals surface area contributed by atoms with E-state index in [2.05, 4.69) is 0 Å². The summed E-state index contributed by atoms with van der Waals surface area (Å²) in [7, 11) is 0. The van der Waals surface area contributed by atoms with Gasteiger partial charge in [0.2, 0.25) is 0 Å². The van der Waals surface area contributed by atoms with Gasteiger partial charge in [0.25, 0.3) is 5.91 Å². The largest absolute Gasteiger partial charge is 0.480 e. The van der Waals surface area contributed by atoms with Crippen molar-refractivity contribution in [3.05, 3.63) is 48.0 Å². The van der Waals surface area contributed by atoms with Crippen LogP contribution in [0.5, 0.6) is 0 Å². The number of nitrogens with zero attached hydrogens (tertiary/aromatic N) is 1. The average Bonchev–Trinajstić information content (AvgIpc) is 3.13.